The fourth-order valence-electron chi connectivity index (χ4n) is 5.55. The van der Waals surface area contributed by atoms with Crippen molar-refractivity contribution in [3.63, 3.8) is 0 Å². The van der Waals surface area contributed by atoms with Crippen LogP contribution in [0, 0.1) is 5.41 Å². The number of anilines is 1. The smallest absolute Gasteiger partial charge is 0.211 e. The molecule has 204 valence electrons. The summed E-state index contributed by atoms with van der Waals surface area (Å²) in [6.45, 7) is 7.54. The van der Waals surface area contributed by atoms with Gasteiger partial charge >= 0.3 is 0 Å². The van der Waals surface area contributed by atoms with Crippen LogP contribution in [0.2, 0.25) is 10.0 Å². The Balaban J connectivity index is 1.31. The SMILES string of the molecule is CC(C)(C)[S+]([O-])NC1CN(c2ncc(Sc3cccc(Cl)c3Cl)c3nccn23)CCC12Cc1cccnc1C2. The third-order valence-electron chi connectivity index (χ3n) is 7.67. The fourth-order valence-corrected chi connectivity index (χ4v) is 7.89. The maximum absolute atomic E-state index is 13.3. The minimum Gasteiger partial charge on any atom is -0.598 e. The van der Waals surface area contributed by atoms with Gasteiger partial charge in [-0.15, -0.1) is 4.72 Å². The Labute approximate surface area is 246 Å². The molecule has 7 nitrogen and oxygen atoms in total. The van der Waals surface area contributed by atoms with Crippen molar-refractivity contribution >= 4 is 57.9 Å². The third-order valence-corrected chi connectivity index (χ3v) is 11.3. The first-order chi connectivity index (χ1) is 18.6. The van der Waals surface area contributed by atoms with Crippen molar-refractivity contribution < 1.29 is 4.55 Å². The van der Waals surface area contributed by atoms with Crippen molar-refractivity contribution in [3.8, 4) is 0 Å². The molecule has 1 spiro atoms. The molecule has 3 atom stereocenters. The van der Waals surface area contributed by atoms with Gasteiger partial charge in [0.25, 0.3) is 0 Å². The lowest BCUT2D eigenvalue weighted by atomic mass is 9.72. The van der Waals surface area contributed by atoms with Gasteiger partial charge in [0.15, 0.2) is 5.65 Å². The highest BCUT2D eigenvalue weighted by molar-refractivity contribution is 7.99. The van der Waals surface area contributed by atoms with Crippen LogP contribution in [0.5, 0.6) is 0 Å². The lowest BCUT2D eigenvalue weighted by Crippen LogP contribution is -2.61. The summed E-state index contributed by atoms with van der Waals surface area (Å²) < 4.78 is 18.5. The number of fused-ring (bicyclic) bond motifs is 2. The van der Waals surface area contributed by atoms with Crippen LogP contribution in [0.1, 0.15) is 38.4 Å². The molecule has 1 saturated heterocycles. The molecule has 0 saturated carbocycles. The Bertz CT molecular complexity index is 1500. The Morgan fingerprint density at radius 1 is 1.08 bits per heavy atom. The van der Waals surface area contributed by atoms with Gasteiger partial charge in [0.05, 0.1) is 21.0 Å². The first-order valence-electron chi connectivity index (χ1n) is 12.9. The van der Waals surface area contributed by atoms with Crippen LogP contribution in [0.25, 0.3) is 5.65 Å². The average molecular weight is 602 g/mol. The fraction of sp³-hybridized carbons (Fsp3) is 0.393. The van der Waals surface area contributed by atoms with E-state index in [4.69, 9.17) is 28.2 Å². The van der Waals surface area contributed by atoms with Gasteiger partial charge in [0, 0.05) is 65.2 Å². The van der Waals surface area contributed by atoms with Gasteiger partial charge in [0.2, 0.25) is 5.95 Å². The van der Waals surface area contributed by atoms with Crippen LogP contribution >= 0.6 is 35.0 Å². The van der Waals surface area contributed by atoms with Crippen LogP contribution in [0.15, 0.2) is 64.9 Å². The lowest BCUT2D eigenvalue weighted by Gasteiger charge is -2.46. The van der Waals surface area contributed by atoms with E-state index in [1.165, 1.54) is 17.3 Å². The first-order valence-corrected chi connectivity index (χ1v) is 15.7. The summed E-state index contributed by atoms with van der Waals surface area (Å²) in [4.78, 5) is 18.3. The van der Waals surface area contributed by atoms with Crippen LogP contribution in [-0.4, -0.2) is 47.8 Å². The molecule has 4 aromatic rings. The van der Waals surface area contributed by atoms with Crippen LogP contribution < -0.4 is 9.62 Å². The van der Waals surface area contributed by atoms with E-state index >= 15 is 0 Å². The van der Waals surface area contributed by atoms with Crippen LogP contribution in [0.3, 0.4) is 0 Å². The number of benzene rings is 1. The molecule has 6 rings (SSSR count). The monoisotopic (exact) mass is 600 g/mol. The molecule has 3 aromatic heterocycles. The predicted molar refractivity (Wildman–Crippen MR) is 159 cm³/mol. The van der Waals surface area contributed by atoms with E-state index in [0.717, 1.165) is 52.9 Å². The standard InChI is InChI=1S/C28H30Cl2N6OS2/c1-27(2,3)39(37)34-23-17-35(12-9-28(23)14-18-6-5-10-31-20(18)15-28)26-33-16-22(25-32-11-13-36(25)26)38-21-8-4-7-19(29)24(21)30/h4-8,10-11,13,16,23,34H,9,12,14-15,17H2,1-3H3. The minimum atomic E-state index is -1.21. The van der Waals surface area contributed by atoms with Gasteiger partial charge in [-0.05, 0) is 63.8 Å². The topological polar surface area (TPSA) is 81.4 Å². The van der Waals surface area contributed by atoms with Crippen molar-refractivity contribution in [2.45, 2.75) is 60.6 Å². The van der Waals surface area contributed by atoms with Gasteiger partial charge in [-0.3, -0.25) is 9.38 Å². The van der Waals surface area contributed by atoms with Crippen molar-refractivity contribution in [1.82, 2.24) is 24.1 Å². The Hall–Kier alpha value is -2.01. The van der Waals surface area contributed by atoms with E-state index in [0.29, 0.717) is 16.6 Å². The number of aromatic nitrogens is 4. The van der Waals surface area contributed by atoms with Crippen molar-refractivity contribution in [3.05, 3.63) is 76.4 Å². The van der Waals surface area contributed by atoms with Gasteiger partial charge in [-0.25, -0.2) is 9.97 Å². The van der Waals surface area contributed by atoms with E-state index in [1.54, 1.807) is 12.3 Å². The summed E-state index contributed by atoms with van der Waals surface area (Å²) in [5, 5.41) is 1.04. The Kier molecular flexibility index (Phi) is 7.27. The Morgan fingerprint density at radius 3 is 2.72 bits per heavy atom. The highest BCUT2D eigenvalue weighted by atomic mass is 35.5. The molecular formula is C28H30Cl2N6OS2. The number of imidazole rings is 1. The summed E-state index contributed by atoms with van der Waals surface area (Å²) in [6, 6.07) is 9.80. The van der Waals surface area contributed by atoms with Gasteiger partial charge in [0.1, 0.15) is 4.75 Å². The number of nitrogens with zero attached hydrogens (tertiary/aromatic N) is 5. The molecule has 0 radical (unpaired) electrons. The molecule has 2 aliphatic rings. The second kappa shape index (κ2) is 10.4. The van der Waals surface area contributed by atoms with E-state index in [9.17, 15) is 4.55 Å². The van der Waals surface area contributed by atoms with Gasteiger partial charge in [-0.1, -0.05) is 47.1 Å². The highest BCUT2D eigenvalue weighted by Crippen LogP contribution is 2.45. The number of rotatable bonds is 5. The number of hydrogen-bond donors (Lipinski definition) is 1. The van der Waals surface area contributed by atoms with E-state index in [1.807, 2.05) is 62.0 Å². The number of piperidine rings is 1. The largest absolute Gasteiger partial charge is 0.598 e. The van der Waals surface area contributed by atoms with Crippen molar-refractivity contribution in [2.24, 2.45) is 5.41 Å². The van der Waals surface area contributed by atoms with Crippen LogP contribution in [0.4, 0.5) is 5.95 Å². The summed E-state index contributed by atoms with van der Waals surface area (Å²) in [7, 11) is 0. The molecule has 0 bridgehead atoms. The zero-order valence-electron chi connectivity index (χ0n) is 22.0. The van der Waals surface area contributed by atoms with E-state index in [-0.39, 0.29) is 16.2 Å². The van der Waals surface area contributed by atoms with Crippen LogP contribution in [-0.2, 0) is 24.2 Å². The maximum atomic E-state index is 13.3. The normalized spacial score (nSPS) is 22.0. The maximum Gasteiger partial charge on any atom is 0.211 e. The molecule has 0 amide bonds. The second-order valence-corrected chi connectivity index (χ2v) is 15.1. The average Bonchev–Trinajstić information content (AvgIpc) is 3.53. The second-order valence-electron chi connectivity index (χ2n) is 11.3. The van der Waals surface area contributed by atoms with Crippen molar-refractivity contribution in [1.29, 1.82) is 0 Å². The van der Waals surface area contributed by atoms with Gasteiger partial charge in [-0.2, -0.15) is 0 Å². The minimum absolute atomic E-state index is 0.000184. The molecule has 39 heavy (non-hydrogen) atoms. The zero-order chi connectivity index (χ0) is 27.4. The quantitative estimate of drug-likeness (QED) is 0.281. The van der Waals surface area contributed by atoms with Crippen molar-refractivity contribution in [2.75, 3.05) is 18.0 Å². The number of pyridine rings is 1. The molecule has 1 N–H and O–H groups in total. The molecule has 1 aliphatic heterocycles. The number of hydrogen-bond acceptors (Lipinski definition) is 7. The third kappa shape index (κ3) is 5.13. The number of halogens is 2. The predicted octanol–water partition coefficient (Wildman–Crippen LogP) is 6.00. The summed E-state index contributed by atoms with van der Waals surface area (Å²) >= 11 is 13.0. The highest BCUT2D eigenvalue weighted by Gasteiger charge is 2.50. The molecule has 11 heteroatoms. The van der Waals surface area contributed by atoms with E-state index in [2.05, 4.69) is 25.7 Å². The molecule has 1 aromatic carbocycles. The summed E-state index contributed by atoms with van der Waals surface area (Å²) in [5.41, 5.74) is 3.23. The molecule has 1 fully saturated rings. The molecule has 3 unspecified atom stereocenters. The molecule has 1 aliphatic carbocycles. The first kappa shape index (κ1) is 27.2. The lowest BCUT2D eigenvalue weighted by molar-refractivity contribution is 0.178. The number of nitrogens with one attached hydrogen (secondary N) is 1. The van der Waals surface area contributed by atoms with Gasteiger partial charge < -0.3 is 9.45 Å². The molecular weight excluding hydrogens is 571 g/mol. The summed E-state index contributed by atoms with van der Waals surface area (Å²) in [6.07, 6.45) is 10.2. The Morgan fingerprint density at radius 2 is 1.92 bits per heavy atom. The summed E-state index contributed by atoms with van der Waals surface area (Å²) in [5.74, 6) is 0.820. The molecule has 4 heterocycles. The zero-order valence-corrected chi connectivity index (χ0v) is 25.2. The van der Waals surface area contributed by atoms with E-state index < -0.39 is 11.4 Å².